The van der Waals surface area contributed by atoms with Gasteiger partial charge >= 0.3 is 0 Å². The molecule has 1 N–H and O–H groups in total. The van der Waals surface area contributed by atoms with Crippen LogP contribution in [0, 0.1) is 0 Å². The fourth-order valence-corrected chi connectivity index (χ4v) is 4.07. The summed E-state index contributed by atoms with van der Waals surface area (Å²) in [7, 11) is 0. The molecule has 148 valence electrons. The van der Waals surface area contributed by atoms with Crippen LogP contribution in [0.25, 0.3) is 0 Å². The lowest BCUT2D eigenvalue weighted by atomic mass is 10.1. The monoisotopic (exact) mass is 394 g/mol. The molecule has 2 unspecified atom stereocenters. The summed E-state index contributed by atoms with van der Waals surface area (Å²) >= 11 is 0. The van der Waals surface area contributed by atoms with Crippen LogP contribution in [0.2, 0.25) is 0 Å². The van der Waals surface area contributed by atoms with E-state index in [1.165, 1.54) is 0 Å². The van der Waals surface area contributed by atoms with E-state index < -0.39 is 0 Å². The van der Waals surface area contributed by atoms with E-state index in [0.717, 1.165) is 38.3 Å². The van der Waals surface area contributed by atoms with E-state index >= 15 is 0 Å². The minimum absolute atomic E-state index is 0. The molecule has 3 saturated heterocycles. The molecule has 0 bridgehead atoms. The minimum Gasteiger partial charge on any atom is -0.378 e. The van der Waals surface area contributed by atoms with Crippen LogP contribution in [-0.4, -0.2) is 86.2 Å². The largest absolute Gasteiger partial charge is 0.378 e. The van der Waals surface area contributed by atoms with Crippen LogP contribution < -0.4 is 10.2 Å². The summed E-state index contributed by atoms with van der Waals surface area (Å²) in [5.74, 6) is 0.298. The van der Waals surface area contributed by atoms with Gasteiger partial charge < -0.3 is 19.9 Å². The molecule has 0 spiro atoms. The Morgan fingerprint density at radius 1 is 1.07 bits per heavy atom. The van der Waals surface area contributed by atoms with Gasteiger partial charge in [0.2, 0.25) is 11.8 Å². The van der Waals surface area contributed by atoms with Crippen molar-refractivity contribution < 1.29 is 14.3 Å². The molecule has 4 rings (SSSR count). The molecule has 0 saturated carbocycles. The van der Waals surface area contributed by atoms with Crippen LogP contribution in [0.3, 0.4) is 0 Å². The fourth-order valence-electron chi connectivity index (χ4n) is 4.07. The SMILES string of the molecule is Cl.O=C(C1COCCN1)N1CCN(C2CCN(c3ccccc3)C2=O)CC1. The van der Waals surface area contributed by atoms with Gasteiger partial charge in [0.15, 0.2) is 0 Å². The average Bonchev–Trinajstić information content (AvgIpc) is 3.10. The van der Waals surface area contributed by atoms with Crippen molar-refractivity contribution >= 4 is 29.9 Å². The molecule has 3 aliphatic heterocycles. The third kappa shape index (κ3) is 4.27. The number of ether oxygens (including phenoxy) is 1. The zero-order valence-electron chi connectivity index (χ0n) is 15.4. The van der Waals surface area contributed by atoms with Gasteiger partial charge in [0.05, 0.1) is 19.3 Å². The molecule has 0 aliphatic carbocycles. The summed E-state index contributed by atoms with van der Waals surface area (Å²) in [5.41, 5.74) is 0.970. The number of amides is 2. The summed E-state index contributed by atoms with van der Waals surface area (Å²) in [6, 6.07) is 9.56. The molecule has 3 fully saturated rings. The van der Waals surface area contributed by atoms with Crippen LogP contribution in [0.5, 0.6) is 0 Å². The minimum atomic E-state index is -0.225. The molecule has 1 aromatic rings. The number of carbonyl (C=O) groups excluding carboxylic acids is 2. The number of nitrogens with one attached hydrogen (secondary N) is 1. The number of rotatable bonds is 3. The summed E-state index contributed by atoms with van der Waals surface area (Å²) in [6.07, 6.45) is 0.847. The Bertz CT molecular complexity index is 646. The molecular formula is C19H27ClN4O3. The van der Waals surface area contributed by atoms with Crippen LogP contribution in [0.4, 0.5) is 5.69 Å². The lowest BCUT2D eigenvalue weighted by molar-refractivity contribution is -0.138. The van der Waals surface area contributed by atoms with E-state index in [9.17, 15) is 9.59 Å². The van der Waals surface area contributed by atoms with Crippen molar-refractivity contribution in [3.8, 4) is 0 Å². The van der Waals surface area contributed by atoms with Gasteiger partial charge in [-0.25, -0.2) is 0 Å². The number of morpholine rings is 1. The molecule has 8 heteroatoms. The van der Waals surface area contributed by atoms with Gasteiger partial charge in [-0.3, -0.25) is 14.5 Å². The van der Waals surface area contributed by atoms with Crippen molar-refractivity contribution in [3.05, 3.63) is 30.3 Å². The maximum Gasteiger partial charge on any atom is 0.244 e. The van der Waals surface area contributed by atoms with Gasteiger partial charge in [0, 0.05) is 45.0 Å². The molecule has 2 amide bonds. The molecule has 1 aromatic carbocycles. The predicted molar refractivity (Wildman–Crippen MR) is 105 cm³/mol. The molecular weight excluding hydrogens is 368 g/mol. The Kier molecular flexibility index (Phi) is 6.70. The number of halogens is 1. The van der Waals surface area contributed by atoms with Crippen molar-refractivity contribution in [2.24, 2.45) is 0 Å². The van der Waals surface area contributed by atoms with Gasteiger partial charge in [-0.2, -0.15) is 0 Å². The second kappa shape index (κ2) is 9.01. The Morgan fingerprint density at radius 2 is 1.81 bits per heavy atom. The first-order chi connectivity index (χ1) is 12.7. The highest BCUT2D eigenvalue weighted by molar-refractivity contribution is 5.99. The number of hydrogen-bond acceptors (Lipinski definition) is 5. The van der Waals surface area contributed by atoms with Crippen molar-refractivity contribution in [1.29, 1.82) is 0 Å². The van der Waals surface area contributed by atoms with Crippen LogP contribution in [-0.2, 0) is 14.3 Å². The Balaban J connectivity index is 0.00000210. The van der Waals surface area contributed by atoms with Crippen molar-refractivity contribution in [2.75, 3.05) is 57.4 Å². The maximum absolute atomic E-state index is 12.8. The summed E-state index contributed by atoms with van der Waals surface area (Å²) in [5, 5.41) is 3.22. The van der Waals surface area contributed by atoms with Crippen molar-refractivity contribution in [1.82, 2.24) is 15.1 Å². The lowest BCUT2D eigenvalue weighted by Gasteiger charge is -2.39. The van der Waals surface area contributed by atoms with Crippen molar-refractivity contribution in [3.63, 3.8) is 0 Å². The summed E-state index contributed by atoms with van der Waals surface area (Å²) in [6.45, 7) is 5.44. The molecule has 3 aliphatic rings. The van der Waals surface area contributed by atoms with Crippen molar-refractivity contribution in [2.45, 2.75) is 18.5 Å². The van der Waals surface area contributed by atoms with E-state index in [0.29, 0.717) is 26.3 Å². The number of piperazine rings is 1. The molecule has 27 heavy (non-hydrogen) atoms. The zero-order valence-corrected chi connectivity index (χ0v) is 16.2. The fraction of sp³-hybridized carbons (Fsp3) is 0.579. The highest BCUT2D eigenvalue weighted by Crippen LogP contribution is 2.25. The first kappa shape index (κ1) is 20.1. The lowest BCUT2D eigenvalue weighted by Crippen LogP contribution is -2.59. The number of hydrogen-bond donors (Lipinski definition) is 1. The maximum atomic E-state index is 12.8. The zero-order chi connectivity index (χ0) is 17.9. The predicted octanol–water partition coefficient (Wildman–Crippen LogP) is 0.346. The quantitative estimate of drug-likeness (QED) is 0.801. The number of anilines is 1. The van der Waals surface area contributed by atoms with Gasteiger partial charge in [-0.05, 0) is 18.6 Å². The average molecular weight is 395 g/mol. The number of para-hydroxylation sites is 1. The Hall–Kier alpha value is -1.67. The van der Waals surface area contributed by atoms with Crippen LogP contribution in [0.15, 0.2) is 30.3 Å². The molecule has 0 radical (unpaired) electrons. The van der Waals surface area contributed by atoms with E-state index in [2.05, 4.69) is 10.2 Å². The van der Waals surface area contributed by atoms with Crippen LogP contribution in [0.1, 0.15) is 6.42 Å². The van der Waals surface area contributed by atoms with E-state index in [1.54, 1.807) is 0 Å². The molecule has 3 heterocycles. The molecule has 2 atom stereocenters. The Labute approximate surface area is 166 Å². The van der Waals surface area contributed by atoms with E-state index in [-0.39, 0.29) is 36.3 Å². The number of benzene rings is 1. The third-order valence-electron chi connectivity index (χ3n) is 5.53. The van der Waals surface area contributed by atoms with Crippen LogP contribution >= 0.6 is 12.4 Å². The highest BCUT2D eigenvalue weighted by atomic mass is 35.5. The van der Waals surface area contributed by atoms with E-state index in [4.69, 9.17) is 4.74 Å². The molecule has 7 nitrogen and oxygen atoms in total. The molecule has 0 aromatic heterocycles. The van der Waals surface area contributed by atoms with Gasteiger partial charge in [-0.1, -0.05) is 18.2 Å². The second-order valence-corrected chi connectivity index (χ2v) is 7.07. The summed E-state index contributed by atoms with van der Waals surface area (Å²) in [4.78, 5) is 31.4. The number of nitrogens with zero attached hydrogens (tertiary/aromatic N) is 3. The Morgan fingerprint density at radius 3 is 2.48 bits per heavy atom. The highest BCUT2D eigenvalue weighted by Gasteiger charge is 2.38. The summed E-state index contributed by atoms with van der Waals surface area (Å²) < 4.78 is 5.39. The smallest absolute Gasteiger partial charge is 0.244 e. The normalized spacial score (nSPS) is 26.7. The number of carbonyl (C=O) groups is 2. The second-order valence-electron chi connectivity index (χ2n) is 7.07. The van der Waals surface area contributed by atoms with Gasteiger partial charge in [0.1, 0.15) is 6.04 Å². The topological polar surface area (TPSA) is 65.1 Å². The first-order valence-electron chi connectivity index (χ1n) is 9.44. The third-order valence-corrected chi connectivity index (χ3v) is 5.53. The van der Waals surface area contributed by atoms with E-state index in [1.807, 2.05) is 40.1 Å². The van der Waals surface area contributed by atoms with Gasteiger partial charge in [0.25, 0.3) is 0 Å². The standard InChI is InChI=1S/C19H26N4O3.ClH/c24-18(16-14-26-13-7-20-16)22-11-9-21(10-12-22)17-6-8-23(19(17)25)15-4-2-1-3-5-15;/h1-5,16-17,20H,6-14H2;1H. The first-order valence-corrected chi connectivity index (χ1v) is 9.44. The van der Waals surface area contributed by atoms with Gasteiger partial charge in [-0.15, -0.1) is 12.4 Å².